The van der Waals surface area contributed by atoms with Gasteiger partial charge in [-0.1, -0.05) is 13.3 Å². The van der Waals surface area contributed by atoms with Gasteiger partial charge < -0.3 is 14.6 Å². The monoisotopic (exact) mass is 246 g/mol. The quantitative estimate of drug-likeness (QED) is 0.400. The third-order valence-corrected chi connectivity index (χ3v) is 1.97. The molecule has 0 bridgehead atoms. The van der Waals surface area contributed by atoms with Gasteiger partial charge in [0.2, 0.25) is 0 Å². The number of rotatable bonds is 8. The van der Waals surface area contributed by atoms with E-state index < -0.39 is 12.1 Å². The number of ether oxygens (including phenoxy) is 2. The van der Waals surface area contributed by atoms with E-state index in [1.807, 2.05) is 6.92 Å². The maximum Gasteiger partial charge on any atom is 0.513 e. The van der Waals surface area contributed by atoms with Crippen LogP contribution in [0.1, 0.15) is 45.4 Å². The van der Waals surface area contributed by atoms with Crippen molar-refractivity contribution in [3.05, 3.63) is 0 Å². The number of carbonyl (C=O) groups excluding carboxylic acids is 2. The molecule has 0 unspecified atom stereocenters. The molecular weight excluding hydrogens is 228 g/mol. The Balaban J connectivity index is 3.37. The lowest BCUT2D eigenvalue weighted by molar-refractivity contribution is -0.143. The van der Waals surface area contributed by atoms with E-state index in [2.05, 4.69) is 4.74 Å². The zero-order valence-electron chi connectivity index (χ0n) is 9.94. The van der Waals surface area contributed by atoms with E-state index in [9.17, 15) is 14.4 Å². The largest absolute Gasteiger partial charge is 0.513 e. The van der Waals surface area contributed by atoms with Crippen LogP contribution in [0.4, 0.5) is 4.79 Å². The second-order valence-corrected chi connectivity index (χ2v) is 3.52. The van der Waals surface area contributed by atoms with Gasteiger partial charge in [-0.15, -0.1) is 0 Å². The maximum atomic E-state index is 11.1. The Morgan fingerprint density at radius 3 is 2.24 bits per heavy atom. The first-order valence-corrected chi connectivity index (χ1v) is 5.65. The molecule has 0 aromatic rings. The molecule has 0 aliphatic heterocycles. The predicted molar refractivity (Wildman–Crippen MR) is 58.5 cm³/mol. The number of carbonyl (C=O) groups is 3. The first-order chi connectivity index (χ1) is 8.06. The lowest BCUT2D eigenvalue weighted by Crippen LogP contribution is -2.10. The van der Waals surface area contributed by atoms with Crippen LogP contribution >= 0.6 is 0 Å². The molecule has 6 nitrogen and oxygen atoms in total. The van der Waals surface area contributed by atoms with E-state index in [0.717, 1.165) is 12.8 Å². The normalized spacial score (nSPS) is 9.71. The van der Waals surface area contributed by atoms with Crippen molar-refractivity contribution in [2.24, 2.45) is 0 Å². The van der Waals surface area contributed by atoms with Crippen molar-refractivity contribution in [1.29, 1.82) is 0 Å². The van der Waals surface area contributed by atoms with Gasteiger partial charge in [0.25, 0.3) is 0 Å². The molecule has 98 valence electrons. The summed E-state index contributed by atoms with van der Waals surface area (Å²) in [7, 11) is 0. The van der Waals surface area contributed by atoms with Gasteiger partial charge in [-0.25, -0.2) is 4.79 Å². The number of esters is 2. The molecule has 17 heavy (non-hydrogen) atoms. The van der Waals surface area contributed by atoms with Gasteiger partial charge >= 0.3 is 18.1 Å². The highest BCUT2D eigenvalue weighted by Gasteiger charge is 2.08. The van der Waals surface area contributed by atoms with Crippen LogP contribution in [0.3, 0.4) is 0 Å². The zero-order valence-corrected chi connectivity index (χ0v) is 9.94. The Labute approximate surface area is 99.9 Å². The van der Waals surface area contributed by atoms with Gasteiger partial charge in [0.05, 0.1) is 6.61 Å². The Morgan fingerprint density at radius 2 is 1.65 bits per heavy atom. The minimum absolute atomic E-state index is 0.0127. The molecule has 0 spiro atoms. The number of carboxylic acid groups (broad SMARTS) is 1. The SMILES string of the molecule is CCCCC(=O)OCCCCC(=O)OC(=O)O. The highest BCUT2D eigenvalue weighted by molar-refractivity contribution is 5.80. The van der Waals surface area contributed by atoms with E-state index in [4.69, 9.17) is 9.84 Å². The summed E-state index contributed by atoms with van der Waals surface area (Å²) in [5, 5.41) is 8.13. The lowest BCUT2D eigenvalue weighted by atomic mass is 10.2. The summed E-state index contributed by atoms with van der Waals surface area (Å²) in [6.07, 6.45) is 1.54. The first-order valence-electron chi connectivity index (χ1n) is 5.65. The van der Waals surface area contributed by atoms with Crippen LogP contribution in [-0.4, -0.2) is 29.8 Å². The zero-order chi connectivity index (χ0) is 13.1. The first kappa shape index (κ1) is 15.4. The molecule has 0 heterocycles. The van der Waals surface area contributed by atoms with Crippen molar-refractivity contribution in [2.45, 2.75) is 45.4 Å². The summed E-state index contributed by atoms with van der Waals surface area (Å²) in [6.45, 7) is 2.24. The highest BCUT2D eigenvalue weighted by atomic mass is 16.7. The van der Waals surface area contributed by atoms with Crippen LogP contribution in [-0.2, 0) is 19.1 Å². The molecule has 0 aliphatic rings. The molecule has 1 N–H and O–H groups in total. The van der Waals surface area contributed by atoms with Crippen molar-refractivity contribution in [1.82, 2.24) is 0 Å². The third kappa shape index (κ3) is 10.7. The Morgan fingerprint density at radius 1 is 1.00 bits per heavy atom. The van der Waals surface area contributed by atoms with Crippen molar-refractivity contribution < 1.29 is 29.0 Å². The molecule has 0 atom stereocenters. The second-order valence-electron chi connectivity index (χ2n) is 3.52. The topological polar surface area (TPSA) is 89.9 Å². The molecular formula is C11H18O6. The maximum absolute atomic E-state index is 11.1. The average Bonchev–Trinajstić information content (AvgIpc) is 2.24. The van der Waals surface area contributed by atoms with E-state index in [1.165, 1.54) is 0 Å². The number of unbranched alkanes of at least 4 members (excludes halogenated alkanes) is 2. The van der Waals surface area contributed by atoms with Gasteiger partial charge in [0, 0.05) is 12.8 Å². The fourth-order valence-electron chi connectivity index (χ4n) is 1.10. The van der Waals surface area contributed by atoms with E-state index >= 15 is 0 Å². The second kappa shape index (κ2) is 9.62. The predicted octanol–water partition coefficient (Wildman–Crippen LogP) is 2.11. The summed E-state index contributed by atoms with van der Waals surface area (Å²) in [4.78, 5) is 31.8. The van der Waals surface area contributed by atoms with Gasteiger partial charge in [0.15, 0.2) is 0 Å². The fraction of sp³-hybridized carbons (Fsp3) is 0.727. The molecule has 0 aromatic heterocycles. The molecule has 0 rings (SSSR count). The molecule has 0 amide bonds. The Bertz CT molecular complexity index is 261. The van der Waals surface area contributed by atoms with Gasteiger partial charge in [0.1, 0.15) is 0 Å². The molecule has 0 saturated carbocycles. The van der Waals surface area contributed by atoms with Crippen LogP contribution in [0.15, 0.2) is 0 Å². The number of hydrogen-bond acceptors (Lipinski definition) is 5. The van der Waals surface area contributed by atoms with Crippen molar-refractivity contribution in [2.75, 3.05) is 6.61 Å². The van der Waals surface area contributed by atoms with Crippen LogP contribution in [0.2, 0.25) is 0 Å². The van der Waals surface area contributed by atoms with Crippen molar-refractivity contribution in [3.63, 3.8) is 0 Å². The van der Waals surface area contributed by atoms with Crippen LogP contribution < -0.4 is 0 Å². The minimum Gasteiger partial charge on any atom is -0.466 e. The van der Waals surface area contributed by atoms with Crippen LogP contribution in [0.25, 0.3) is 0 Å². The van der Waals surface area contributed by atoms with Gasteiger partial charge in [-0.2, -0.15) is 0 Å². The molecule has 0 saturated heterocycles. The highest BCUT2D eigenvalue weighted by Crippen LogP contribution is 2.01. The van der Waals surface area contributed by atoms with E-state index in [1.54, 1.807) is 0 Å². The van der Waals surface area contributed by atoms with Gasteiger partial charge in [-0.3, -0.25) is 9.59 Å². The molecule has 6 heteroatoms. The average molecular weight is 246 g/mol. The summed E-state index contributed by atoms with van der Waals surface area (Å²) in [5.41, 5.74) is 0. The Kier molecular flexibility index (Phi) is 8.72. The van der Waals surface area contributed by atoms with Crippen molar-refractivity contribution >= 4 is 18.1 Å². The van der Waals surface area contributed by atoms with Gasteiger partial charge in [-0.05, 0) is 19.3 Å². The van der Waals surface area contributed by atoms with Crippen LogP contribution in [0, 0.1) is 0 Å². The third-order valence-electron chi connectivity index (χ3n) is 1.97. The summed E-state index contributed by atoms with van der Waals surface area (Å²) >= 11 is 0. The summed E-state index contributed by atoms with van der Waals surface area (Å²) in [5.74, 6) is -1.02. The van der Waals surface area contributed by atoms with Crippen molar-refractivity contribution in [3.8, 4) is 0 Å². The minimum atomic E-state index is -1.60. The number of hydrogen-bond donors (Lipinski definition) is 1. The summed E-state index contributed by atoms with van der Waals surface area (Å²) < 4.78 is 8.80. The molecule has 0 radical (unpaired) electrons. The molecule has 0 aromatic carbocycles. The fourth-order valence-corrected chi connectivity index (χ4v) is 1.10. The molecule has 0 aliphatic carbocycles. The van der Waals surface area contributed by atoms with E-state index in [0.29, 0.717) is 19.3 Å². The Hall–Kier alpha value is -1.59. The van der Waals surface area contributed by atoms with Crippen LogP contribution in [0.5, 0.6) is 0 Å². The molecule has 0 fully saturated rings. The van der Waals surface area contributed by atoms with E-state index in [-0.39, 0.29) is 19.0 Å². The smallest absolute Gasteiger partial charge is 0.466 e. The summed E-state index contributed by atoms with van der Waals surface area (Å²) in [6, 6.07) is 0. The lowest BCUT2D eigenvalue weighted by Gasteiger charge is -2.03. The standard InChI is InChI=1S/C11H18O6/c1-2-3-6-9(12)16-8-5-4-7-10(13)17-11(14)15/h2-8H2,1H3,(H,14,15).